The van der Waals surface area contributed by atoms with E-state index in [2.05, 4.69) is 59.9 Å². The van der Waals surface area contributed by atoms with Gasteiger partial charge in [-0.2, -0.15) is 11.8 Å². The van der Waals surface area contributed by atoms with Gasteiger partial charge in [0.2, 0.25) is 0 Å². The van der Waals surface area contributed by atoms with E-state index in [4.69, 9.17) is 14.2 Å². The Bertz CT molecular complexity index is 1720. The van der Waals surface area contributed by atoms with E-state index in [1.165, 1.54) is 5.57 Å². The number of hydrogen-bond acceptors (Lipinski definition) is 8. The third kappa shape index (κ3) is 7.49. The molecule has 310 valence electrons. The van der Waals surface area contributed by atoms with Crippen LogP contribution in [0.3, 0.4) is 0 Å². The van der Waals surface area contributed by atoms with Gasteiger partial charge >= 0.3 is 18.0 Å². The summed E-state index contributed by atoms with van der Waals surface area (Å²) < 4.78 is 17.8. The summed E-state index contributed by atoms with van der Waals surface area (Å²) in [5, 5.41) is 2.79. The topological polar surface area (TPSA) is 108 Å². The molecule has 0 saturated heterocycles. The van der Waals surface area contributed by atoms with E-state index in [0.29, 0.717) is 25.0 Å². The molecule has 5 aliphatic carbocycles. The van der Waals surface area contributed by atoms with E-state index in [1.54, 1.807) is 32.5 Å². The molecule has 1 N–H and O–H groups in total. The lowest BCUT2D eigenvalue weighted by molar-refractivity contribution is -0.211. The van der Waals surface area contributed by atoms with Gasteiger partial charge in [-0.1, -0.05) is 77.4 Å². The van der Waals surface area contributed by atoms with Crippen LogP contribution in [0.2, 0.25) is 0 Å². The average Bonchev–Trinajstić information content (AvgIpc) is 3.11. The molecule has 10 atom stereocenters. The predicted octanol–water partition coefficient (Wildman–Crippen LogP) is 10.3. The number of ether oxygens (including phenoxy) is 3. The van der Waals surface area contributed by atoms with Crippen molar-refractivity contribution in [1.29, 1.82) is 0 Å². The first-order valence-corrected chi connectivity index (χ1v) is 22.6. The van der Waals surface area contributed by atoms with E-state index in [1.807, 2.05) is 36.6 Å². The van der Waals surface area contributed by atoms with Crippen LogP contribution in [0.5, 0.6) is 0 Å². The van der Waals surface area contributed by atoms with Crippen LogP contribution < -0.4 is 5.32 Å². The Kier molecular flexibility index (Phi) is 11.5. The minimum Gasteiger partial charge on any atom is -0.460 e. The standard InChI is InChI=1S/C47H69NO7S/c1-41(2,3)55-40(52)48-33(19-26-56-11)38(50)54-36-18-20-45(8)35(42(36,4)5)17-21-47(10)37(45)34(49)27-31-32-28-44(7,23-22-43(32,6)24-25-46(31,47)9)39(51)53-29-30-15-13-12-14-16-30/h12-16,27,32-33,35-37H,17-26,28-29H2,1-11H3,(H,48,52)/t32-,33-,35-,36-,37+,43+,44-,45-,46+,47+/m0/s1. The molecule has 56 heavy (non-hydrogen) atoms. The molecule has 0 radical (unpaired) electrons. The van der Waals surface area contributed by atoms with Gasteiger partial charge in [0, 0.05) is 11.3 Å². The molecular weight excluding hydrogens is 723 g/mol. The number of ketones is 1. The largest absolute Gasteiger partial charge is 0.460 e. The summed E-state index contributed by atoms with van der Waals surface area (Å²) in [6, 6.07) is 9.07. The number of amides is 1. The molecule has 6 rings (SSSR count). The molecule has 4 saturated carbocycles. The summed E-state index contributed by atoms with van der Waals surface area (Å²) >= 11 is 1.62. The first-order chi connectivity index (χ1) is 26.0. The molecule has 5 aliphatic rings. The van der Waals surface area contributed by atoms with E-state index < -0.39 is 29.1 Å². The average molecular weight is 792 g/mol. The van der Waals surface area contributed by atoms with Crippen molar-refractivity contribution >= 4 is 35.6 Å². The van der Waals surface area contributed by atoms with Crippen LogP contribution in [0, 0.1) is 50.2 Å². The van der Waals surface area contributed by atoms with Crippen LogP contribution in [0.1, 0.15) is 139 Å². The summed E-state index contributed by atoms with van der Waals surface area (Å²) in [4.78, 5) is 55.4. The van der Waals surface area contributed by atoms with Crippen LogP contribution >= 0.6 is 11.8 Å². The SMILES string of the molecule is CSCC[C@H](NC(=O)OC(C)(C)C)C(=O)O[C@H]1CC[C@]2(C)[C@H]3C(=O)C=C4[C@@H]5C[C@@](C)(C(=O)OCc6ccccc6)CC[C@]5(C)CC[C@@]4(C)[C@]3(C)CC[C@H]2C1(C)C. The Hall–Kier alpha value is -2.81. The number of fused-ring (bicyclic) bond motifs is 7. The lowest BCUT2D eigenvalue weighted by Gasteiger charge is -2.70. The lowest BCUT2D eigenvalue weighted by Crippen LogP contribution is -2.67. The second-order valence-corrected chi connectivity index (χ2v) is 22.1. The molecule has 0 spiro atoms. The van der Waals surface area contributed by atoms with Crippen molar-refractivity contribution in [1.82, 2.24) is 5.32 Å². The highest BCUT2D eigenvalue weighted by atomic mass is 32.2. The number of nitrogens with one attached hydrogen (secondary N) is 1. The lowest BCUT2D eigenvalue weighted by atomic mass is 9.33. The van der Waals surface area contributed by atoms with Crippen molar-refractivity contribution in [2.45, 2.75) is 158 Å². The number of hydrogen-bond donors (Lipinski definition) is 1. The maximum absolute atomic E-state index is 15.0. The molecular formula is C47H69NO7S. The smallest absolute Gasteiger partial charge is 0.408 e. The van der Waals surface area contributed by atoms with Gasteiger partial charge in [0.25, 0.3) is 0 Å². The fourth-order valence-corrected chi connectivity index (χ4v) is 13.1. The second kappa shape index (κ2) is 15.1. The fraction of sp³-hybridized carbons (Fsp3) is 0.745. The molecule has 0 aliphatic heterocycles. The number of rotatable bonds is 9. The van der Waals surface area contributed by atoms with Gasteiger partial charge in [-0.15, -0.1) is 0 Å². The highest BCUT2D eigenvalue weighted by molar-refractivity contribution is 7.98. The van der Waals surface area contributed by atoms with Crippen molar-refractivity contribution < 1.29 is 33.4 Å². The zero-order chi connectivity index (χ0) is 41.1. The van der Waals surface area contributed by atoms with Gasteiger partial charge in [0.05, 0.1) is 5.41 Å². The summed E-state index contributed by atoms with van der Waals surface area (Å²) in [7, 11) is 0. The van der Waals surface area contributed by atoms with E-state index in [0.717, 1.165) is 50.5 Å². The minimum atomic E-state index is -0.802. The summed E-state index contributed by atoms with van der Waals surface area (Å²) in [5.41, 5.74) is -0.0977. The van der Waals surface area contributed by atoms with E-state index in [-0.39, 0.29) is 69.3 Å². The number of thioether (sulfide) groups is 1. The summed E-state index contributed by atoms with van der Waals surface area (Å²) in [6.45, 7) is 21.8. The first kappa shape index (κ1) is 42.8. The van der Waals surface area contributed by atoms with Crippen LogP contribution in [-0.4, -0.2) is 53.6 Å². The van der Waals surface area contributed by atoms with Crippen LogP contribution in [-0.2, 0) is 35.2 Å². The zero-order valence-corrected chi connectivity index (χ0v) is 36.9. The molecule has 1 aromatic rings. The molecule has 0 bridgehead atoms. The Morgan fingerprint density at radius 3 is 2.25 bits per heavy atom. The van der Waals surface area contributed by atoms with Crippen molar-refractivity contribution in [2.24, 2.45) is 50.2 Å². The molecule has 8 nitrogen and oxygen atoms in total. The number of alkyl carbamates (subject to hydrolysis) is 1. The normalized spacial score (nSPS) is 38.0. The summed E-state index contributed by atoms with van der Waals surface area (Å²) in [6.07, 6.45) is 11.4. The molecule has 1 aromatic carbocycles. The number of carbonyl (C=O) groups excluding carboxylic acids is 4. The third-order valence-corrected chi connectivity index (χ3v) is 16.7. The van der Waals surface area contributed by atoms with Crippen molar-refractivity contribution in [3.8, 4) is 0 Å². The van der Waals surface area contributed by atoms with Crippen LogP contribution in [0.4, 0.5) is 4.79 Å². The van der Waals surface area contributed by atoms with E-state index in [9.17, 15) is 19.2 Å². The summed E-state index contributed by atoms with van der Waals surface area (Å²) in [5.74, 6) is 0.518. The first-order valence-electron chi connectivity index (χ1n) is 21.2. The molecule has 1 amide bonds. The molecule has 0 heterocycles. The number of benzene rings is 1. The molecule has 4 fully saturated rings. The number of esters is 2. The monoisotopic (exact) mass is 791 g/mol. The Morgan fingerprint density at radius 2 is 1.59 bits per heavy atom. The third-order valence-electron chi connectivity index (χ3n) is 16.1. The van der Waals surface area contributed by atoms with Gasteiger partial charge in [-0.05, 0) is 149 Å². The zero-order valence-electron chi connectivity index (χ0n) is 36.1. The van der Waals surface area contributed by atoms with Crippen molar-refractivity contribution in [2.75, 3.05) is 12.0 Å². The second-order valence-electron chi connectivity index (χ2n) is 21.1. The van der Waals surface area contributed by atoms with Gasteiger partial charge in [-0.3, -0.25) is 9.59 Å². The van der Waals surface area contributed by atoms with Crippen LogP contribution in [0.15, 0.2) is 42.0 Å². The molecule has 0 aromatic heterocycles. The van der Waals surface area contributed by atoms with E-state index >= 15 is 0 Å². The Balaban J connectivity index is 1.23. The molecule has 9 heteroatoms. The Labute approximate surface area is 340 Å². The highest BCUT2D eigenvalue weighted by Crippen LogP contribution is 2.75. The van der Waals surface area contributed by atoms with Crippen molar-refractivity contribution in [3.63, 3.8) is 0 Å². The van der Waals surface area contributed by atoms with Gasteiger partial charge < -0.3 is 19.5 Å². The predicted molar refractivity (Wildman–Crippen MR) is 222 cm³/mol. The van der Waals surface area contributed by atoms with Gasteiger partial charge in [0.1, 0.15) is 24.4 Å². The fourth-order valence-electron chi connectivity index (χ4n) is 12.6. The van der Waals surface area contributed by atoms with Gasteiger partial charge in [-0.25, -0.2) is 9.59 Å². The number of allylic oxidation sites excluding steroid dienone is 2. The quantitative estimate of drug-likeness (QED) is 0.195. The van der Waals surface area contributed by atoms with Crippen molar-refractivity contribution in [3.05, 3.63) is 47.5 Å². The maximum atomic E-state index is 15.0. The van der Waals surface area contributed by atoms with Gasteiger partial charge in [0.15, 0.2) is 5.78 Å². The minimum absolute atomic E-state index is 0.0328. The Morgan fingerprint density at radius 1 is 0.911 bits per heavy atom. The van der Waals surface area contributed by atoms with Crippen LogP contribution in [0.25, 0.3) is 0 Å². The number of carbonyl (C=O) groups is 4. The maximum Gasteiger partial charge on any atom is 0.408 e. The highest BCUT2D eigenvalue weighted by Gasteiger charge is 2.70. The molecule has 0 unspecified atom stereocenters.